The van der Waals surface area contributed by atoms with Crippen molar-refractivity contribution in [2.45, 2.75) is 32.2 Å². The highest BCUT2D eigenvalue weighted by Gasteiger charge is 2.27. The standard InChI is InChI=1S/C12H17NO/c1-12(2,3)9-6-4-5-8-10(13)7-14-11(8)9/h4-6,10H,7,13H2,1-3H3/t10-/m0/s1. The third-order valence-corrected chi connectivity index (χ3v) is 2.66. The van der Waals surface area contributed by atoms with Gasteiger partial charge in [0.15, 0.2) is 0 Å². The Kier molecular flexibility index (Phi) is 2.04. The third-order valence-electron chi connectivity index (χ3n) is 2.66. The highest BCUT2D eigenvalue weighted by Crippen LogP contribution is 2.39. The lowest BCUT2D eigenvalue weighted by molar-refractivity contribution is 0.325. The van der Waals surface area contributed by atoms with Crippen LogP contribution < -0.4 is 10.5 Å². The van der Waals surface area contributed by atoms with Gasteiger partial charge in [0, 0.05) is 5.56 Å². The highest BCUT2D eigenvalue weighted by atomic mass is 16.5. The summed E-state index contributed by atoms with van der Waals surface area (Å²) in [6, 6.07) is 6.29. The lowest BCUT2D eigenvalue weighted by Gasteiger charge is -2.21. The Labute approximate surface area is 85.1 Å². The minimum atomic E-state index is 0.0484. The second-order valence-electron chi connectivity index (χ2n) is 4.89. The lowest BCUT2D eigenvalue weighted by Crippen LogP contribution is -2.12. The molecule has 1 atom stereocenters. The predicted octanol–water partition coefficient (Wildman–Crippen LogP) is 2.38. The Morgan fingerprint density at radius 3 is 2.71 bits per heavy atom. The van der Waals surface area contributed by atoms with Gasteiger partial charge < -0.3 is 10.5 Å². The Balaban J connectivity index is 2.55. The largest absolute Gasteiger partial charge is 0.491 e. The molecule has 1 aliphatic rings. The first-order valence-corrected chi connectivity index (χ1v) is 5.02. The maximum Gasteiger partial charge on any atom is 0.128 e. The molecular formula is C12H17NO. The number of ether oxygens (including phenoxy) is 1. The van der Waals surface area contributed by atoms with Crippen LogP contribution in [0.3, 0.4) is 0 Å². The van der Waals surface area contributed by atoms with Gasteiger partial charge in [-0.15, -0.1) is 0 Å². The number of benzene rings is 1. The van der Waals surface area contributed by atoms with Crippen molar-refractivity contribution < 1.29 is 4.74 Å². The highest BCUT2D eigenvalue weighted by molar-refractivity contribution is 5.48. The van der Waals surface area contributed by atoms with Gasteiger partial charge >= 0.3 is 0 Å². The first kappa shape index (κ1) is 9.53. The lowest BCUT2D eigenvalue weighted by atomic mass is 9.85. The molecule has 0 saturated heterocycles. The van der Waals surface area contributed by atoms with Crippen molar-refractivity contribution in [1.29, 1.82) is 0 Å². The van der Waals surface area contributed by atoms with Crippen LogP contribution in [0.25, 0.3) is 0 Å². The predicted molar refractivity (Wildman–Crippen MR) is 57.6 cm³/mol. The van der Waals surface area contributed by atoms with Gasteiger partial charge in [0.05, 0.1) is 6.04 Å². The van der Waals surface area contributed by atoms with Gasteiger partial charge in [-0.2, -0.15) is 0 Å². The van der Waals surface area contributed by atoms with Gasteiger partial charge in [0.25, 0.3) is 0 Å². The van der Waals surface area contributed by atoms with E-state index in [1.165, 1.54) is 5.56 Å². The molecule has 76 valence electrons. The van der Waals surface area contributed by atoms with Crippen molar-refractivity contribution in [2.75, 3.05) is 6.61 Å². The van der Waals surface area contributed by atoms with E-state index in [4.69, 9.17) is 10.5 Å². The summed E-state index contributed by atoms with van der Waals surface area (Å²) >= 11 is 0. The summed E-state index contributed by atoms with van der Waals surface area (Å²) in [4.78, 5) is 0. The first-order valence-electron chi connectivity index (χ1n) is 5.02. The van der Waals surface area contributed by atoms with Crippen molar-refractivity contribution >= 4 is 0 Å². The number of nitrogens with two attached hydrogens (primary N) is 1. The maximum absolute atomic E-state index is 5.93. The van der Waals surface area contributed by atoms with Crippen molar-refractivity contribution in [3.8, 4) is 5.75 Å². The van der Waals surface area contributed by atoms with Crippen LogP contribution in [0.15, 0.2) is 18.2 Å². The summed E-state index contributed by atoms with van der Waals surface area (Å²) in [6.45, 7) is 7.18. The van der Waals surface area contributed by atoms with Crippen LogP contribution in [-0.2, 0) is 5.41 Å². The van der Waals surface area contributed by atoms with E-state index >= 15 is 0 Å². The van der Waals surface area contributed by atoms with Crippen LogP contribution in [0.1, 0.15) is 37.9 Å². The zero-order chi connectivity index (χ0) is 10.3. The fraction of sp³-hybridized carbons (Fsp3) is 0.500. The van der Waals surface area contributed by atoms with Crippen LogP contribution in [-0.4, -0.2) is 6.61 Å². The quantitative estimate of drug-likeness (QED) is 0.683. The molecule has 2 heteroatoms. The normalized spacial score (nSPS) is 20.4. The van der Waals surface area contributed by atoms with Crippen LogP contribution in [0.4, 0.5) is 0 Å². The van der Waals surface area contributed by atoms with Crippen LogP contribution in [0.5, 0.6) is 5.75 Å². The maximum atomic E-state index is 5.93. The molecule has 1 aliphatic heterocycles. The summed E-state index contributed by atoms with van der Waals surface area (Å²) < 4.78 is 5.64. The summed E-state index contributed by atoms with van der Waals surface area (Å²) in [7, 11) is 0. The molecule has 0 spiro atoms. The van der Waals surface area contributed by atoms with Crippen molar-refractivity contribution in [3.63, 3.8) is 0 Å². The molecule has 0 amide bonds. The van der Waals surface area contributed by atoms with Gasteiger partial charge in [-0.1, -0.05) is 39.0 Å². The van der Waals surface area contributed by atoms with E-state index in [0.717, 1.165) is 11.3 Å². The number of rotatable bonds is 0. The molecule has 2 rings (SSSR count). The number of para-hydroxylation sites is 1. The van der Waals surface area contributed by atoms with Crippen LogP contribution in [0.2, 0.25) is 0 Å². The Morgan fingerprint density at radius 1 is 1.36 bits per heavy atom. The molecule has 0 unspecified atom stereocenters. The zero-order valence-electron chi connectivity index (χ0n) is 9.00. The topological polar surface area (TPSA) is 35.2 Å². The molecule has 0 fully saturated rings. The summed E-state index contributed by atoms with van der Waals surface area (Å²) in [5, 5.41) is 0. The van der Waals surface area contributed by atoms with Crippen LogP contribution >= 0.6 is 0 Å². The monoisotopic (exact) mass is 191 g/mol. The Bertz CT molecular complexity index is 352. The van der Waals surface area contributed by atoms with E-state index in [1.807, 2.05) is 0 Å². The fourth-order valence-electron chi connectivity index (χ4n) is 1.86. The average Bonchev–Trinajstić information content (AvgIpc) is 2.46. The molecule has 0 saturated carbocycles. The molecule has 1 heterocycles. The van der Waals surface area contributed by atoms with Crippen molar-refractivity contribution in [2.24, 2.45) is 5.73 Å². The van der Waals surface area contributed by atoms with E-state index in [9.17, 15) is 0 Å². The van der Waals surface area contributed by atoms with E-state index in [-0.39, 0.29) is 11.5 Å². The van der Waals surface area contributed by atoms with Gasteiger partial charge in [0.2, 0.25) is 0 Å². The van der Waals surface area contributed by atoms with E-state index in [0.29, 0.717) is 6.61 Å². The van der Waals surface area contributed by atoms with Gasteiger partial charge in [-0.25, -0.2) is 0 Å². The minimum Gasteiger partial charge on any atom is -0.491 e. The molecular weight excluding hydrogens is 174 g/mol. The third kappa shape index (κ3) is 1.40. The SMILES string of the molecule is CC(C)(C)c1cccc2c1OC[C@@H]2N. The molecule has 2 nitrogen and oxygen atoms in total. The second-order valence-corrected chi connectivity index (χ2v) is 4.89. The molecule has 0 radical (unpaired) electrons. The van der Waals surface area contributed by atoms with E-state index < -0.39 is 0 Å². The molecule has 0 aromatic heterocycles. The number of hydrogen-bond donors (Lipinski definition) is 1. The number of hydrogen-bond acceptors (Lipinski definition) is 2. The summed E-state index contributed by atoms with van der Waals surface area (Å²) in [5.41, 5.74) is 8.46. The van der Waals surface area contributed by atoms with Crippen LogP contribution in [0, 0.1) is 0 Å². The van der Waals surface area contributed by atoms with E-state index in [2.05, 4.69) is 39.0 Å². The summed E-state index contributed by atoms with van der Waals surface area (Å²) in [6.07, 6.45) is 0. The van der Waals surface area contributed by atoms with Crippen molar-refractivity contribution in [1.82, 2.24) is 0 Å². The van der Waals surface area contributed by atoms with Gasteiger partial charge in [-0.05, 0) is 11.0 Å². The number of fused-ring (bicyclic) bond motifs is 1. The van der Waals surface area contributed by atoms with Gasteiger partial charge in [-0.3, -0.25) is 0 Å². The smallest absolute Gasteiger partial charge is 0.128 e. The van der Waals surface area contributed by atoms with E-state index in [1.54, 1.807) is 0 Å². The summed E-state index contributed by atoms with van der Waals surface area (Å²) in [5.74, 6) is 1.01. The van der Waals surface area contributed by atoms with Crippen molar-refractivity contribution in [3.05, 3.63) is 29.3 Å². The molecule has 0 aliphatic carbocycles. The molecule has 2 N–H and O–H groups in total. The average molecular weight is 191 g/mol. The molecule has 1 aromatic rings. The Morgan fingerprint density at radius 2 is 2.07 bits per heavy atom. The molecule has 0 bridgehead atoms. The Hall–Kier alpha value is -1.02. The molecule has 1 aromatic carbocycles. The second kappa shape index (κ2) is 2.99. The van der Waals surface area contributed by atoms with Gasteiger partial charge in [0.1, 0.15) is 12.4 Å². The first-order chi connectivity index (χ1) is 6.50. The molecule has 14 heavy (non-hydrogen) atoms. The fourth-order valence-corrected chi connectivity index (χ4v) is 1.86. The minimum absolute atomic E-state index is 0.0484. The zero-order valence-corrected chi connectivity index (χ0v) is 9.00.